The third-order valence-corrected chi connectivity index (χ3v) is 5.91. The van der Waals surface area contributed by atoms with E-state index >= 15 is 0 Å². The Labute approximate surface area is 191 Å². The average Bonchev–Trinajstić information content (AvgIpc) is 2.67. The van der Waals surface area contributed by atoms with E-state index in [-0.39, 0.29) is 24.8 Å². The molecule has 8 heteroatoms. The zero-order valence-corrected chi connectivity index (χ0v) is 19.2. The number of benzene rings is 2. The van der Waals surface area contributed by atoms with E-state index in [9.17, 15) is 9.59 Å². The second-order valence-corrected chi connectivity index (χ2v) is 8.09. The molecule has 1 unspecified atom stereocenters. The third-order valence-electron chi connectivity index (χ3n) is 4.46. The predicted octanol–water partition coefficient (Wildman–Crippen LogP) is 5.79. The fraction of sp³-hybridized carbons (Fsp3) is 0.333. The zero-order chi connectivity index (χ0) is 21.6. The van der Waals surface area contributed by atoms with Gasteiger partial charge in [-0.05, 0) is 48.7 Å². The summed E-state index contributed by atoms with van der Waals surface area (Å²) in [5, 5.41) is 4.42. The average molecular weight is 476 g/mol. The molecule has 0 aromatic heterocycles. The highest BCUT2D eigenvalue weighted by Gasteiger charge is 2.29. The van der Waals surface area contributed by atoms with Crippen LogP contribution in [0.15, 0.2) is 36.4 Å². The molecule has 2 aromatic rings. The standard InChI is InChI=1S/C21H22Cl4N2O2/c1-3-19(21(29)26-4-2)27(12-13-8-9-17(24)18(25)10-13)20(28)11-14-15(22)6-5-7-16(14)23/h5-10,19H,3-4,11-12H2,1-2H3,(H,26,29). The number of carbonyl (C=O) groups is 2. The van der Waals surface area contributed by atoms with Crippen LogP contribution in [0.1, 0.15) is 31.4 Å². The molecule has 1 N–H and O–H groups in total. The van der Waals surface area contributed by atoms with E-state index in [1.807, 2.05) is 13.8 Å². The Morgan fingerprint density at radius 2 is 1.62 bits per heavy atom. The summed E-state index contributed by atoms with van der Waals surface area (Å²) in [5.74, 6) is -0.474. The van der Waals surface area contributed by atoms with E-state index in [1.165, 1.54) is 4.90 Å². The number of rotatable bonds is 8. The van der Waals surface area contributed by atoms with Gasteiger partial charge >= 0.3 is 0 Å². The van der Waals surface area contributed by atoms with Crippen LogP contribution in [0.2, 0.25) is 20.1 Å². The summed E-state index contributed by atoms with van der Waals surface area (Å²) in [5.41, 5.74) is 1.30. The Morgan fingerprint density at radius 1 is 0.966 bits per heavy atom. The van der Waals surface area contributed by atoms with E-state index in [2.05, 4.69) is 5.32 Å². The normalized spacial score (nSPS) is 11.8. The SMILES string of the molecule is CCNC(=O)C(CC)N(Cc1ccc(Cl)c(Cl)c1)C(=O)Cc1c(Cl)cccc1Cl. The van der Waals surface area contributed by atoms with Crippen molar-refractivity contribution in [3.8, 4) is 0 Å². The lowest BCUT2D eigenvalue weighted by molar-refractivity contribution is -0.140. The van der Waals surface area contributed by atoms with Gasteiger partial charge in [0.15, 0.2) is 0 Å². The van der Waals surface area contributed by atoms with Crippen LogP contribution in [0.3, 0.4) is 0 Å². The predicted molar refractivity (Wildman–Crippen MR) is 120 cm³/mol. The Morgan fingerprint density at radius 3 is 2.17 bits per heavy atom. The molecule has 0 spiro atoms. The Hall–Kier alpha value is -1.46. The van der Waals surface area contributed by atoms with Crippen LogP contribution in [0.25, 0.3) is 0 Å². The van der Waals surface area contributed by atoms with Gasteiger partial charge in [-0.15, -0.1) is 0 Å². The van der Waals surface area contributed by atoms with Crippen molar-refractivity contribution >= 4 is 58.2 Å². The molecule has 0 saturated heterocycles. The molecule has 29 heavy (non-hydrogen) atoms. The minimum Gasteiger partial charge on any atom is -0.355 e. The summed E-state index contributed by atoms with van der Waals surface area (Å²) in [7, 11) is 0. The van der Waals surface area contributed by atoms with Gasteiger partial charge in [0.1, 0.15) is 6.04 Å². The van der Waals surface area contributed by atoms with E-state index < -0.39 is 6.04 Å². The first-order valence-electron chi connectivity index (χ1n) is 9.22. The van der Waals surface area contributed by atoms with Crippen LogP contribution in [0, 0.1) is 0 Å². The molecule has 2 aromatic carbocycles. The molecular weight excluding hydrogens is 454 g/mol. The largest absolute Gasteiger partial charge is 0.355 e. The molecular formula is C21H22Cl4N2O2. The minimum absolute atomic E-state index is 0.0181. The van der Waals surface area contributed by atoms with E-state index in [4.69, 9.17) is 46.4 Å². The molecule has 0 aliphatic rings. The summed E-state index contributed by atoms with van der Waals surface area (Å²) in [4.78, 5) is 27.4. The van der Waals surface area contributed by atoms with Crippen LogP contribution < -0.4 is 5.32 Å². The van der Waals surface area contributed by atoms with Crippen LogP contribution in [0.4, 0.5) is 0 Å². The number of nitrogens with one attached hydrogen (secondary N) is 1. The number of amides is 2. The van der Waals surface area contributed by atoms with E-state index in [0.29, 0.717) is 38.6 Å². The Bertz CT molecular complexity index is 869. The molecule has 4 nitrogen and oxygen atoms in total. The summed E-state index contributed by atoms with van der Waals surface area (Å²) in [6, 6.07) is 9.58. The quantitative estimate of drug-likeness (QED) is 0.525. The first-order valence-corrected chi connectivity index (χ1v) is 10.7. The fourth-order valence-electron chi connectivity index (χ4n) is 3.00. The number of hydrogen-bond donors (Lipinski definition) is 1. The van der Waals surface area contributed by atoms with Crippen LogP contribution in [0.5, 0.6) is 0 Å². The monoisotopic (exact) mass is 474 g/mol. The molecule has 0 radical (unpaired) electrons. The van der Waals surface area contributed by atoms with E-state index in [0.717, 1.165) is 5.56 Å². The molecule has 1 atom stereocenters. The van der Waals surface area contributed by atoms with Gasteiger partial charge < -0.3 is 10.2 Å². The summed E-state index contributed by atoms with van der Waals surface area (Å²) >= 11 is 24.6. The van der Waals surface area contributed by atoms with Crippen molar-refractivity contribution in [1.29, 1.82) is 0 Å². The number of carbonyl (C=O) groups excluding carboxylic acids is 2. The maximum Gasteiger partial charge on any atom is 0.242 e. The first kappa shape index (κ1) is 23.8. The van der Waals surface area contributed by atoms with Gasteiger partial charge in [0.2, 0.25) is 11.8 Å². The van der Waals surface area contributed by atoms with Crippen molar-refractivity contribution in [3.05, 3.63) is 67.6 Å². The molecule has 156 valence electrons. The van der Waals surface area contributed by atoms with Crippen molar-refractivity contribution in [2.24, 2.45) is 0 Å². The zero-order valence-electron chi connectivity index (χ0n) is 16.1. The van der Waals surface area contributed by atoms with Gasteiger partial charge in [0, 0.05) is 23.1 Å². The van der Waals surface area contributed by atoms with Gasteiger partial charge in [-0.2, -0.15) is 0 Å². The minimum atomic E-state index is -0.641. The van der Waals surface area contributed by atoms with Gasteiger partial charge in [-0.1, -0.05) is 65.5 Å². The second kappa shape index (κ2) is 11.1. The third kappa shape index (κ3) is 6.26. The number of likely N-dealkylation sites (N-methyl/N-ethyl adjacent to an activating group) is 1. The van der Waals surface area contributed by atoms with Gasteiger partial charge in [-0.3, -0.25) is 9.59 Å². The van der Waals surface area contributed by atoms with Gasteiger partial charge in [0.05, 0.1) is 16.5 Å². The highest BCUT2D eigenvalue weighted by molar-refractivity contribution is 6.42. The van der Waals surface area contributed by atoms with Crippen LogP contribution in [-0.2, 0) is 22.6 Å². The van der Waals surface area contributed by atoms with Crippen molar-refractivity contribution in [2.75, 3.05) is 6.54 Å². The van der Waals surface area contributed by atoms with Crippen LogP contribution >= 0.6 is 46.4 Å². The van der Waals surface area contributed by atoms with Gasteiger partial charge in [-0.25, -0.2) is 0 Å². The fourth-order valence-corrected chi connectivity index (χ4v) is 3.85. The lowest BCUT2D eigenvalue weighted by Crippen LogP contribution is -2.49. The molecule has 0 bridgehead atoms. The topological polar surface area (TPSA) is 49.4 Å². The highest BCUT2D eigenvalue weighted by Crippen LogP contribution is 2.27. The lowest BCUT2D eigenvalue weighted by atomic mass is 10.1. The lowest BCUT2D eigenvalue weighted by Gasteiger charge is -2.31. The number of halogens is 4. The molecule has 0 aliphatic heterocycles. The Balaban J connectivity index is 2.37. The Kier molecular flexibility index (Phi) is 9.09. The van der Waals surface area contributed by atoms with Crippen molar-refractivity contribution in [2.45, 2.75) is 39.3 Å². The first-order chi connectivity index (χ1) is 13.8. The number of hydrogen-bond acceptors (Lipinski definition) is 2. The molecule has 0 aliphatic carbocycles. The number of nitrogens with zero attached hydrogens (tertiary/aromatic N) is 1. The summed E-state index contributed by atoms with van der Waals surface area (Å²) < 4.78 is 0. The molecule has 2 rings (SSSR count). The molecule has 0 fully saturated rings. The summed E-state index contributed by atoms with van der Waals surface area (Å²) in [6.45, 7) is 4.37. The highest BCUT2D eigenvalue weighted by atomic mass is 35.5. The summed E-state index contributed by atoms with van der Waals surface area (Å²) in [6.07, 6.45) is 0.435. The van der Waals surface area contributed by atoms with Crippen LogP contribution in [-0.4, -0.2) is 29.3 Å². The van der Waals surface area contributed by atoms with E-state index in [1.54, 1.807) is 36.4 Å². The smallest absolute Gasteiger partial charge is 0.242 e. The molecule has 2 amide bonds. The maximum absolute atomic E-state index is 13.3. The van der Waals surface area contributed by atoms with Crippen molar-refractivity contribution in [3.63, 3.8) is 0 Å². The molecule has 0 heterocycles. The molecule has 0 saturated carbocycles. The maximum atomic E-state index is 13.3. The van der Waals surface area contributed by atoms with Gasteiger partial charge in [0.25, 0.3) is 0 Å². The van der Waals surface area contributed by atoms with Crippen molar-refractivity contribution in [1.82, 2.24) is 10.2 Å². The second-order valence-electron chi connectivity index (χ2n) is 6.47. The van der Waals surface area contributed by atoms with Crippen molar-refractivity contribution < 1.29 is 9.59 Å².